The number of Topliss-reactive ketones (excluding diaryl/α,β-unsaturated/α-hetero) is 2. The highest BCUT2D eigenvalue weighted by Crippen LogP contribution is 2.75. The van der Waals surface area contributed by atoms with Gasteiger partial charge in [-0.3, -0.25) is 9.59 Å². The van der Waals surface area contributed by atoms with Crippen LogP contribution in [0.15, 0.2) is 11.6 Å². The number of tetrazole rings is 1. The molecule has 1 aromatic heterocycles. The van der Waals surface area contributed by atoms with Gasteiger partial charge in [0.1, 0.15) is 11.9 Å². The van der Waals surface area contributed by atoms with Gasteiger partial charge in [-0.25, -0.2) is 0 Å². The molecular weight excluding hydrogens is 486 g/mol. The molecule has 39 heavy (non-hydrogen) atoms. The first-order valence-corrected chi connectivity index (χ1v) is 15.0. The standard InChI is InChI=1S/C32H45N5O2/c1-27(2)11-13-32(26-34-36-37(8)35-26)14-12-31(7)24(20(32)17-27)21(38)15-23-29(5)16-19(18-33)25(39)28(3,4)22(29)9-10-30(23,31)6/h16,20,22-24H,9-15,17H2,1-8H3/t20?,22-,23+,24?,29-,30+,31+,32-/m0/s1. The number of aromatic nitrogens is 4. The van der Waals surface area contributed by atoms with E-state index in [4.69, 9.17) is 5.10 Å². The van der Waals surface area contributed by atoms with Crippen LogP contribution in [0.2, 0.25) is 0 Å². The predicted octanol–water partition coefficient (Wildman–Crippen LogP) is 5.76. The van der Waals surface area contributed by atoms with Crippen molar-refractivity contribution in [2.24, 2.45) is 57.8 Å². The smallest absolute Gasteiger partial charge is 0.181 e. The van der Waals surface area contributed by atoms with E-state index < -0.39 is 5.41 Å². The molecule has 6 rings (SSSR count). The Morgan fingerprint density at radius 2 is 1.64 bits per heavy atom. The zero-order chi connectivity index (χ0) is 28.4. The Kier molecular flexibility index (Phi) is 5.43. The summed E-state index contributed by atoms with van der Waals surface area (Å²) in [5, 5.41) is 23.5. The second kappa shape index (κ2) is 7.89. The molecule has 210 valence electrons. The van der Waals surface area contributed by atoms with Gasteiger partial charge in [0.05, 0.1) is 12.6 Å². The van der Waals surface area contributed by atoms with E-state index in [-0.39, 0.29) is 62.1 Å². The van der Waals surface area contributed by atoms with Crippen molar-refractivity contribution in [1.29, 1.82) is 5.26 Å². The maximum absolute atomic E-state index is 14.7. The highest BCUT2D eigenvalue weighted by Gasteiger charge is 2.72. The van der Waals surface area contributed by atoms with Crippen molar-refractivity contribution in [3.05, 3.63) is 17.5 Å². The molecule has 1 aromatic rings. The summed E-state index contributed by atoms with van der Waals surface area (Å²) in [4.78, 5) is 29.5. The number of allylic oxidation sites excluding steroid dienone is 2. The van der Waals surface area contributed by atoms with Crippen molar-refractivity contribution in [1.82, 2.24) is 20.2 Å². The van der Waals surface area contributed by atoms with Gasteiger partial charge in [0.2, 0.25) is 0 Å². The lowest BCUT2D eigenvalue weighted by molar-refractivity contribution is -0.214. The molecule has 7 nitrogen and oxygen atoms in total. The molecule has 5 aliphatic rings. The second-order valence-corrected chi connectivity index (χ2v) is 15.9. The van der Waals surface area contributed by atoms with Crippen LogP contribution >= 0.6 is 0 Å². The third-order valence-electron chi connectivity index (χ3n) is 13.4. The molecule has 2 unspecified atom stereocenters. The van der Waals surface area contributed by atoms with E-state index in [2.05, 4.69) is 51.0 Å². The molecule has 1 heterocycles. The van der Waals surface area contributed by atoms with Crippen molar-refractivity contribution >= 4 is 11.6 Å². The third kappa shape index (κ3) is 3.24. The van der Waals surface area contributed by atoms with Gasteiger partial charge >= 0.3 is 0 Å². The highest BCUT2D eigenvalue weighted by atomic mass is 16.1. The Morgan fingerprint density at radius 3 is 2.28 bits per heavy atom. The predicted molar refractivity (Wildman–Crippen MR) is 147 cm³/mol. The van der Waals surface area contributed by atoms with Crippen molar-refractivity contribution in [2.75, 3.05) is 0 Å². The number of hydrogen-bond acceptors (Lipinski definition) is 6. The summed E-state index contributed by atoms with van der Waals surface area (Å²) >= 11 is 0. The van der Waals surface area contributed by atoms with Gasteiger partial charge in [-0.15, -0.1) is 10.2 Å². The number of hydrogen-bond donors (Lipinski definition) is 0. The van der Waals surface area contributed by atoms with Crippen LogP contribution in [0.3, 0.4) is 0 Å². The summed E-state index contributed by atoms with van der Waals surface area (Å²) in [5.41, 5.74) is -0.983. The summed E-state index contributed by atoms with van der Waals surface area (Å²) in [7, 11) is 1.83. The van der Waals surface area contributed by atoms with Crippen LogP contribution in [0, 0.1) is 62.1 Å². The number of fused-ring (bicyclic) bond motifs is 7. The normalized spacial score (nSPS) is 46.2. The van der Waals surface area contributed by atoms with Crippen molar-refractivity contribution in [3.8, 4) is 6.07 Å². The lowest BCUT2D eigenvalue weighted by atomic mass is 9.31. The van der Waals surface area contributed by atoms with Crippen LogP contribution in [0.1, 0.15) is 106 Å². The second-order valence-electron chi connectivity index (χ2n) is 15.9. The Balaban J connectivity index is 1.49. The SMILES string of the molecule is Cn1nnc([C@]23CCC(C)(C)CC2C2C(=O)C[C@@H]4[C@@]5(C)C=C(C#N)C(=O)C(C)(C)[C@@H]5CC[C@@]4(C)[C@]2(C)CC3)n1. The zero-order valence-corrected chi connectivity index (χ0v) is 25.1. The molecule has 0 amide bonds. The summed E-state index contributed by atoms with van der Waals surface area (Å²) in [5.74, 6) is 1.54. The molecule has 5 aliphatic carbocycles. The summed E-state index contributed by atoms with van der Waals surface area (Å²) < 4.78 is 0. The van der Waals surface area contributed by atoms with Gasteiger partial charge in [-0.1, -0.05) is 54.5 Å². The monoisotopic (exact) mass is 531 g/mol. The van der Waals surface area contributed by atoms with Gasteiger partial charge in [0, 0.05) is 23.2 Å². The molecule has 8 atom stereocenters. The maximum Gasteiger partial charge on any atom is 0.181 e. The van der Waals surface area contributed by atoms with Crippen LogP contribution in [0.5, 0.6) is 0 Å². The lowest BCUT2D eigenvalue weighted by Gasteiger charge is -2.71. The summed E-state index contributed by atoms with van der Waals surface area (Å²) in [6.45, 7) is 15.9. The minimum Gasteiger partial charge on any atom is -0.299 e. The number of aryl methyl sites for hydroxylation is 1. The number of rotatable bonds is 1. The van der Waals surface area contributed by atoms with Gasteiger partial charge < -0.3 is 0 Å². The number of carbonyl (C=O) groups is 2. The molecule has 4 fully saturated rings. The topological polar surface area (TPSA) is 102 Å². The Morgan fingerprint density at radius 1 is 0.949 bits per heavy atom. The van der Waals surface area contributed by atoms with Crippen LogP contribution in [-0.2, 0) is 22.1 Å². The number of carbonyl (C=O) groups excluding carboxylic acids is 2. The van der Waals surface area contributed by atoms with Crippen LogP contribution < -0.4 is 0 Å². The molecule has 0 aliphatic heterocycles. The average molecular weight is 532 g/mol. The van der Waals surface area contributed by atoms with Crippen LogP contribution in [0.4, 0.5) is 0 Å². The van der Waals surface area contributed by atoms with Gasteiger partial charge in [-0.2, -0.15) is 10.1 Å². The third-order valence-corrected chi connectivity index (χ3v) is 13.4. The molecule has 4 saturated carbocycles. The summed E-state index contributed by atoms with van der Waals surface area (Å²) in [6, 6.07) is 2.23. The Labute approximate surface area is 233 Å². The van der Waals surface area contributed by atoms with E-state index in [9.17, 15) is 14.9 Å². The lowest BCUT2D eigenvalue weighted by Crippen LogP contribution is -2.69. The maximum atomic E-state index is 14.7. The average Bonchev–Trinajstić information content (AvgIpc) is 3.29. The first-order valence-electron chi connectivity index (χ1n) is 15.0. The largest absolute Gasteiger partial charge is 0.299 e. The van der Waals surface area contributed by atoms with E-state index in [0.29, 0.717) is 12.2 Å². The van der Waals surface area contributed by atoms with Crippen molar-refractivity contribution < 1.29 is 9.59 Å². The van der Waals surface area contributed by atoms with E-state index >= 15 is 0 Å². The molecule has 0 saturated heterocycles. The Hall–Kier alpha value is -2.36. The zero-order valence-electron chi connectivity index (χ0n) is 25.1. The van der Waals surface area contributed by atoms with E-state index in [0.717, 1.165) is 50.8 Å². The Bertz CT molecular complexity index is 1330. The number of nitriles is 1. The quantitative estimate of drug-likeness (QED) is 0.456. The molecule has 0 aromatic carbocycles. The van der Waals surface area contributed by atoms with E-state index in [1.165, 1.54) is 0 Å². The first-order chi connectivity index (χ1) is 18.1. The fraction of sp³-hybridized carbons (Fsp3) is 0.812. The molecule has 0 radical (unpaired) electrons. The molecule has 7 heteroatoms. The van der Waals surface area contributed by atoms with Crippen molar-refractivity contribution in [2.45, 2.75) is 105 Å². The molecule has 0 spiro atoms. The van der Waals surface area contributed by atoms with E-state index in [1.807, 2.05) is 27.0 Å². The first kappa shape index (κ1) is 26.8. The highest BCUT2D eigenvalue weighted by molar-refractivity contribution is 6.04. The van der Waals surface area contributed by atoms with Gasteiger partial charge in [0.15, 0.2) is 11.6 Å². The van der Waals surface area contributed by atoms with Gasteiger partial charge in [-0.05, 0) is 89.6 Å². The minimum absolute atomic E-state index is 0.0364. The van der Waals surface area contributed by atoms with Crippen molar-refractivity contribution in [3.63, 3.8) is 0 Å². The van der Waals surface area contributed by atoms with E-state index in [1.54, 1.807) is 4.80 Å². The summed E-state index contributed by atoms with van der Waals surface area (Å²) in [6.07, 6.45) is 9.50. The number of nitrogens with zero attached hydrogens (tertiary/aromatic N) is 5. The van der Waals surface area contributed by atoms with Gasteiger partial charge in [0.25, 0.3) is 0 Å². The minimum atomic E-state index is -0.608. The van der Waals surface area contributed by atoms with Crippen LogP contribution in [0.25, 0.3) is 0 Å². The molecule has 0 N–H and O–H groups in total. The molecule has 0 bridgehead atoms. The fourth-order valence-corrected chi connectivity index (χ4v) is 11.2. The molecular formula is C32H45N5O2. The van der Waals surface area contributed by atoms with Crippen LogP contribution in [-0.4, -0.2) is 31.8 Å². The fourth-order valence-electron chi connectivity index (χ4n) is 11.2. The number of ketones is 2.